The van der Waals surface area contributed by atoms with Crippen molar-refractivity contribution in [2.45, 2.75) is 19.8 Å². The Morgan fingerprint density at radius 1 is 1.07 bits per heavy atom. The fourth-order valence-corrected chi connectivity index (χ4v) is 3.53. The number of hydrogen-bond acceptors (Lipinski definition) is 6. The Bertz CT molecular complexity index is 1210. The Kier molecular flexibility index (Phi) is 5.18. The molecule has 0 N–H and O–H groups in total. The molecule has 7 nitrogen and oxygen atoms in total. The second-order valence-electron chi connectivity index (χ2n) is 7.05. The van der Waals surface area contributed by atoms with Gasteiger partial charge in [-0.1, -0.05) is 36.4 Å². The molecule has 30 heavy (non-hydrogen) atoms. The Morgan fingerprint density at radius 2 is 1.83 bits per heavy atom. The molecule has 4 rings (SSSR count). The van der Waals surface area contributed by atoms with E-state index < -0.39 is 18.5 Å². The molecule has 1 aliphatic rings. The van der Waals surface area contributed by atoms with Crippen LogP contribution in [0.3, 0.4) is 0 Å². The Morgan fingerprint density at radius 3 is 2.53 bits per heavy atom. The summed E-state index contributed by atoms with van der Waals surface area (Å²) in [5.41, 5.74) is 1.04. The van der Waals surface area contributed by atoms with Crippen LogP contribution in [0.5, 0.6) is 0 Å². The van der Waals surface area contributed by atoms with E-state index in [0.29, 0.717) is 36.3 Å². The fourth-order valence-electron chi connectivity index (χ4n) is 3.53. The van der Waals surface area contributed by atoms with Gasteiger partial charge in [-0.2, -0.15) is 0 Å². The van der Waals surface area contributed by atoms with Crippen molar-refractivity contribution in [3.8, 4) is 11.3 Å². The molecule has 0 aliphatic carbocycles. The third-order valence-corrected chi connectivity index (χ3v) is 5.10. The van der Waals surface area contributed by atoms with Crippen molar-refractivity contribution in [1.82, 2.24) is 4.90 Å². The number of hydrogen-bond donors (Lipinski definition) is 0. The van der Waals surface area contributed by atoms with Crippen molar-refractivity contribution >= 4 is 28.8 Å². The lowest BCUT2D eigenvalue weighted by molar-refractivity contribution is -0.143. The lowest BCUT2D eigenvalue weighted by Crippen LogP contribution is -2.35. The van der Waals surface area contributed by atoms with Crippen molar-refractivity contribution in [3.05, 3.63) is 69.9 Å². The largest absolute Gasteiger partial charge is 0.455 e. The first-order chi connectivity index (χ1) is 14.5. The van der Waals surface area contributed by atoms with Crippen LogP contribution in [0.1, 0.15) is 28.8 Å². The van der Waals surface area contributed by atoms with Crippen LogP contribution in [0.25, 0.3) is 22.3 Å². The van der Waals surface area contributed by atoms with Gasteiger partial charge in [0.15, 0.2) is 17.6 Å². The van der Waals surface area contributed by atoms with Crippen LogP contribution < -0.4 is 5.43 Å². The van der Waals surface area contributed by atoms with Crippen LogP contribution in [-0.4, -0.2) is 35.8 Å². The van der Waals surface area contributed by atoms with Gasteiger partial charge in [-0.05, 0) is 25.5 Å². The summed E-state index contributed by atoms with van der Waals surface area (Å²) in [7, 11) is 0. The van der Waals surface area contributed by atoms with Gasteiger partial charge in [0.1, 0.15) is 11.3 Å². The van der Waals surface area contributed by atoms with Gasteiger partial charge in [0.25, 0.3) is 5.91 Å². The molecule has 3 aromatic rings. The zero-order valence-electron chi connectivity index (χ0n) is 16.3. The topological polar surface area (TPSA) is 93.9 Å². The van der Waals surface area contributed by atoms with Crippen molar-refractivity contribution in [1.29, 1.82) is 0 Å². The first kappa shape index (κ1) is 19.6. The molecule has 2 amide bonds. The van der Waals surface area contributed by atoms with E-state index in [4.69, 9.17) is 9.15 Å². The zero-order valence-corrected chi connectivity index (χ0v) is 16.3. The molecule has 7 heteroatoms. The zero-order chi connectivity index (χ0) is 21.3. The predicted molar refractivity (Wildman–Crippen MR) is 109 cm³/mol. The standard InChI is InChI=1S/C23H19NO6/c1-14-20(27)16-9-5-10-17(22(16)30-21(14)15-7-3-2-4-8-15)23(28)29-13-19(26)24-12-6-11-18(24)25/h2-5,7-10H,6,11-13H2,1H3. The van der Waals surface area contributed by atoms with Gasteiger partial charge >= 0.3 is 5.97 Å². The average Bonchev–Trinajstić information content (AvgIpc) is 3.20. The van der Waals surface area contributed by atoms with E-state index in [1.807, 2.05) is 30.3 Å². The van der Waals surface area contributed by atoms with Crippen LogP contribution in [0.15, 0.2) is 57.7 Å². The maximum Gasteiger partial charge on any atom is 0.342 e. The Labute approximate surface area is 171 Å². The molecule has 2 heterocycles. The minimum Gasteiger partial charge on any atom is -0.455 e. The number of imide groups is 1. The molecule has 1 saturated heterocycles. The molecule has 0 radical (unpaired) electrons. The smallest absolute Gasteiger partial charge is 0.342 e. The second kappa shape index (κ2) is 7.94. The van der Waals surface area contributed by atoms with Crippen LogP contribution in [0.2, 0.25) is 0 Å². The van der Waals surface area contributed by atoms with Gasteiger partial charge in [0, 0.05) is 24.1 Å². The summed E-state index contributed by atoms with van der Waals surface area (Å²) in [6, 6.07) is 13.7. The minimum atomic E-state index is -0.799. The highest BCUT2D eigenvalue weighted by atomic mass is 16.5. The number of ether oxygens (including phenoxy) is 1. The molecule has 1 fully saturated rings. The number of amides is 2. The molecule has 0 saturated carbocycles. The first-order valence-electron chi connectivity index (χ1n) is 9.59. The van der Waals surface area contributed by atoms with E-state index in [1.54, 1.807) is 19.1 Å². The van der Waals surface area contributed by atoms with Gasteiger partial charge in [-0.3, -0.25) is 19.3 Å². The Hall–Kier alpha value is -3.74. The maximum absolute atomic E-state index is 12.9. The Balaban J connectivity index is 1.68. The lowest BCUT2D eigenvalue weighted by atomic mass is 10.0. The summed E-state index contributed by atoms with van der Waals surface area (Å²) in [6.07, 6.45) is 0.921. The minimum absolute atomic E-state index is 0.0438. The number of esters is 1. The second-order valence-corrected chi connectivity index (χ2v) is 7.05. The van der Waals surface area contributed by atoms with Gasteiger partial charge in [-0.25, -0.2) is 4.79 Å². The fraction of sp³-hybridized carbons (Fsp3) is 0.217. The van der Waals surface area contributed by atoms with Crippen molar-refractivity contribution in [2.75, 3.05) is 13.2 Å². The van der Waals surface area contributed by atoms with E-state index in [-0.39, 0.29) is 27.9 Å². The molecule has 0 spiro atoms. The predicted octanol–water partition coefficient (Wildman–Crippen LogP) is 3.07. The number of likely N-dealkylation sites (tertiary alicyclic amines) is 1. The van der Waals surface area contributed by atoms with E-state index in [1.165, 1.54) is 6.07 Å². The molecule has 0 atom stereocenters. The van der Waals surface area contributed by atoms with Crippen molar-refractivity contribution in [2.24, 2.45) is 0 Å². The van der Waals surface area contributed by atoms with Gasteiger partial charge in [-0.15, -0.1) is 0 Å². The number of carbonyl (C=O) groups excluding carboxylic acids is 3. The summed E-state index contributed by atoms with van der Waals surface area (Å²) < 4.78 is 11.1. The van der Waals surface area contributed by atoms with E-state index >= 15 is 0 Å². The number of rotatable bonds is 4. The van der Waals surface area contributed by atoms with E-state index in [2.05, 4.69) is 0 Å². The molecule has 0 unspecified atom stereocenters. The molecule has 1 aliphatic heterocycles. The third-order valence-electron chi connectivity index (χ3n) is 5.10. The van der Waals surface area contributed by atoms with Gasteiger partial charge in [0.2, 0.25) is 5.91 Å². The third kappa shape index (κ3) is 3.50. The van der Waals surface area contributed by atoms with Crippen molar-refractivity contribution in [3.63, 3.8) is 0 Å². The molecule has 1 aromatic heterocycles. The lowest BCUT2D eigenvalue weighted by Gasteiger charge is -2.14. The van der Waals surface area contributed by atoms with E-state index in [9.17, 15) is 19.2 Å². The summed E-state index contributed by atoms with van der Waals surface area (Å²) in [5.74, 6) is -1.26. The van der Waals surface area contributed by atoms with Crippen LogP contribution in [0, 0.1) is 6.92 Å². The summed E-state index contributed by atoms with van der Waals surface area (Å²) >= 11 is 0. The average molecular weight is 405 g/mol. The number of benzene rings is 2. The van der Waals surface area contributed by atoms with Crippen LogP contribution in [-0.2, 0) is 14.3 Å². The highest BCUT2D eigenvalue weighted by molar-refractivity contribution is 6.03. The number of para-hydroxylation sites is 1. The molecular formula is C23H19NO6. The van der Waals surface area contributed by atoms with Gasteiger partial charge < -0.3 is 9.15 Å². The van der Waals surface area contributed by atoms with Crippen molar-refractivity contribution < 1.29 is 23.5 Å². The normalized spacial score (nSPS) is 13.6. The molecular weight excluding hydrogens is 386 g/mol. The van der Waals surface area contributed by atoms with Gasteiger partial charge in [0.05, 0.1) is 5.39 Å². The van der Waals surface area contributed by atoms with Crippen LogP contribution in [0.4, 0.5) is 0 Å². The summed E-state index contributed by atoms with van der Waals surface area (Å²) in [5, 5.41) is 0.252. The number of carbonyl (C=O) groups is 3. The molecule has 152 valence electrons. The summed E-state index contributed by atoms with van der Waals surface area (Å²) in [6.45, 7) is 1.45. The number of fused-ring (bicyclic) bond motifs is 1. The highest BCUT2D eigenvalue weighted by Gasteiger charge is 2.27. The highest BCUT2D eigenvalue weighted by Crippen LogP contribution is 2.27. The maximum atomic E-state index is 12.9. The van der Waals surface area contributed by atoms with E-state index in [0.717, 1.165) is 4.90 Å². The monoisotopic (exact) mass is 405 g/mol. The SMILES string of the molecule is Cc1c(-c2ccccc2)oc2c(C(=O)OCC(=O)N3CCCC3=O)cccc2c1=O. The first-order valence-corrected chi connectivity index (χ1v) is 9.59. The number of nitrogens with zero attached hydrogens (tertiary/aromatic N) is 1. The molecule has 0 bridgehead atoms. The quantitative estimate of drug-likeness (QED) is 0.619. The molecule has 2 aromatic carbocycles. The van der Waals surface area contributed by atoms with Crippen LogP contribution >= 0.6 is 0 Å². The summed E-state index contributed by atoms with van der Waals surface area (Å²) in [4.78, 5) is 50.4.